The minimum atomic E-state index is -4.47. The number of nitrogens with zero attached hydrogens (tertiary/aromatic N) is 3. The fourth-order valence-electron chi connectivity index (χ4n) is 2.65. The SMILES string of the molecule is CCOC(=O)c1ncc(-c2ccc(C(F)(F)F)cc2)nc1-c1ccc([N+](=O)[O-])cc1. The number of ether oxygens (including phenoxy) is 1. The second kappa shape index (κ2) is 8.27. The van der Waals surface area contributed by atoms with Gasteiger partial charge in [0.2, 0.25) is 0 Å². The molecular formula is C20H14F3N3O4. The number of halogens is 3. The number of carbonyl (C=O) groups is 1. The molecule has 0 atom stereocenters. The summed E-state index contributed by atoms with van der Waals surface area (Å²) in [6.07, 6.45) is -3.22. The molecule has 1 aromatic heterocycles. The number of alkyl halides is 3. The molecular weight excluding hydrogens is 403 g/mol. The van der Waals surface area contributed by atoms with Gasteiger partial charge in [-0.2, -0.15) is 13.2 Å². The van der Waals surface area contributed by atoms with E-state index in [1.54, 1.807) is 6.92 Å². The van der Waals surface area contributed by atoms with E-state index in [0.717, 1.165) is 12.1 Å². The van der Waals surface area contributed by atoms with Gasteiger partial charge in [0.25, 0.3) is 5.69 Å². The van der Waals surface area contributed by atoms with Crippen molar-refractivity contribution < 1.29 is 27.6 Å². The van der Waals surface area contributed by atoms with Crippen molar-refractivity contribution in [3.8, 4) is 22.5 Å². The third-order valence-corrected chi connectivity index (χ3v) is 4.10. The second-order valence-electron chi connectivity index (χ2n) is 6.05. The van der Waals surface area contributed by atoms with Crippen LogP contribution < -0.4 is 0 Å². The van der Waals surface area contributed by atoms with Gasteiger partial charge in [0, 0.05) is 23.3 Å². The van der Waals surface area contributed by atoms with E-state index in [9.17, 15) is 28.1 Å². The smallest absolute Gasteiger partial charge is 0.416 e. The number of nitro groups is 1. The van der Waals surface area contributed by atoms with Crippen molar-refractivity contribution in [1.82, 2.24) is 9.97 Å². The highest BCUT2D eigenvalue weighted by Crippen LogP contribution is 2.31. The van der Waals surface area contributed by atoms with E-state index >= 15 is 0 Å². The number of aromatic nitrogens is 2. The van der Waals surface area contributed by atoms with E-state index in [1.807, 2.05) is 0 Å². The van der Waals surface area contributed by atoms with Gasteiger partial charge in [-0.25, -0.2) is 14.8 Å². The van der Waals surface area contributed by atoms with Crippen molar-refractivity contribution in [3.63, 3.8) is 0 Å². The first-order valence-corrected chi connectivity index (χ1v) is 8.67. The van der Waals surface area contributed by atoms with Crippen LogP contribution in [-0.2, 0) is 10.9 Å². The molecule has 0 N–H and O–H groups in total. The lowest BCUT2D eigenvalue weighted by Gasteiger charge is -2.11. The Bertz CT molecular complexity index is 1080. The molecule has 0 aliphatic rings. The number of rotatable bonds is 5. The Morgan fingerprint density at radius 1 is 1.07 bits per heavy atom. The first-order chi connectivity index (χ1) is 14.2. The Balaban J connectivity index is 2.08. The highest BCUT2D eigenvalue weighted by molar-refractivity contribution is 5.94. The van der Waals surface area contributed by atoms with Gasteiger partial charge in [0.15, 0.2) is 5.69 Å². The minimum Gasteiger partial charge on any atom is -0.461 e. The normalized spacial score (nSPS) is 11.2. The number of non-ortho nitro benzene ring substituents is 1. The average molecular weight is 417 g/mol. The monoisotopic (exact) mass is 417 g/mol. The van der Waals surface area contributed by atoms with Crippen molar-refractivity contribution in [2.75, 3.05) is 6.61 Å². The standard InChI is InChI=1S/C20H14F3N3O4/c1-2-30-19(27)18-17(13-5-9-15(10-6-13)26(28)29)25-16(11-24-18)12-3-7-14(8-4-12)20(21,22)23/h3-11H,2H2,1H3. The number of benzene rings is 2. The van der Waals surface area contributed by atoms with Gasteiger partial charge in [-0.15, -0.1) is 0 Å². The molecule has 3 aromatic rings. The molecule has 0 fully saturated rings. The van der Waals surface area contributed by atoms with Crippen LogP contribution in [0, 0.1) is 10.1 Å². The molecule has 0 radical (unpaired) electrons. The van der Waals surface area contributed by atoms with Crippen LogP contribution in [0.5, 0.6) is 0 Å². The van der Waals surface area contributed by atoms with Crippen LogP contribution >= 0.6 is 0 Å². The molecule has 0 bridgehead atoms. The van der Waals surface area contributed by atoms with Crippen LogP contribution in [0.2, 0.25) is 0 Å². The molecule has 0 amide bonds. The van der Waals surface area contributed by atoms with Gasteiger partial charge in [-0.05, 0) is 31.2 Å². The maximum atomic E-state index is 12.8. The third-order valence-electron chi connectivity index (χ3n) is 4.10. The van der Waals surface area contributed by atoms with E-state index in [0.29, 0.717) is 11.1 Å². The summed E-state index contributed by atoms with van der Waals surface area (Å²) in [5.74, 6) is -0.739. The Labute approximate surface area is 168 Å². The number of hydrogen-bond acceptors (Lipinski definition) is 6. The summed E-state index contributed by atoms with van der Waals surface area (Å²) in [5, 5.41) is 10.9. The zero-order valence-corrected chi connectivity index (χ0v) is 15.5. The minimum absolute atomic E-state index is 0.0979. The van der Waals surface area contributed by atoms with Crippen LogP contribution in [0.1, 0.15) is 23.0 Å². The van der Waals surface area contributed by atoms with E-state index in [2.05, 4.69) is 9.97 Å². The highest BCUT2D eigenvalue weighted by atomic mass is 19.4. The van der Waals surface area contributed by atoms with Crippen molar-refractivity contribution in [2.24, 2.45) is 0 Å². The lowest BCUT2D eigenvalue weighted by Crippen LogP contribution is -2.11. The summed E-state index contributed by atoms with van der Waals surface area (Å²) in [5.41, 5.74) is -0.0209. The number of carbonyl (C=O) groups excluding carboxylic acids is 1. The van der Waals surface area contributed by atoms with Crippen LogP contribution in [0.4, 0.5) is 18.9 Å². The quantitative estimate of drug-likeness (QED) is 0.332. The summed E-state index contributed by atoms with van der Waals surface area (Å²) < 4.78 is 43.3. The van der Waals surface area contributed by atoms with Gasteiger partial charge < -0.3 is 4.74 Å². The largest absolute Gasteiger partial charge is 0.461 e. The first kappa shape index (κ1) is 20.9. The fraction of sp³-hybridized carbons (Fsp3) is 0.150. The maximum Gasteiger partial charge on any atom is 0.416 e. The van der Waals surface area contributed by atoms with Crippen LogP contribution in [0.15, 0.2) is 54.7 Å². The van der Waals surface area contributed by atoms with Gasteiger partial charge in [0.05, 0.1) is 29.0 Å². The van der Waals surface area contributed by atoms with Crippen LogP contribution in [0.25, 0.3) is 22.5 Å². The summed E-state index contributed by atoms with van der Waals surface area (Å²) in [6, 6.07) is 9.63. The molecule has 0 unspecified atom stereocenters. The molecule has 0 saturated heterocycles. The number of esters is 1. The molecule has 30 heavy (non-hydrogen) atoms. The Kier molecular flexibility index (Phi) is 5.77. The molecule has 3 rings (SSSR count). The van der Waals surface area contributed by atoms with Crippen molar-refractivity contribution in [1.29, 1.82) is 0 Å². The van der Waals surface area contributed by atoms with Crippen LogP contribution in [0.3, 0.4) is 0 Å². The van der Waals surface area contributed by atoms with E-state index in [4.69, 9.17) is 4.74 Å². The summed E-state index contributed by atoms with van der Waals surface area (Å²) in [6.45, 7) is 1.72. The lowest BCUT2D eigenvalue weighted by atomic mass is 10.1. The van der Waals surface area contributed by atoms with Crippen molar-refractivity contribution in [2.45, 2.75) is 13.1 Å². The van der Waals surface area contributed by atoms with E-state index in [1.165, 1.54) is 42.6 Å². The van der Waals surface area contributed by atoms with Crippen LogP contribution in [-0.4, -0.2) is 27.5 Å². The van der Waals surface area contributed by atoms with Gasteiger partial charge in [-0.1, -0.05) is 12.1 Å². The predicted octanol–water partition coefficient (Wildman–Crippen LogP) is 4.91. The highest BCUT2D eigenvalue weighted by Gasteiger charge is 2.30. The van der Waals surface area contributed by atoms with Gasteiger partial charge in [0.1, 0.15) is 5.69 Å². The zero-order chi connectivity index (χ0) is 21.9. The first-order valence-electron chi connectivity index (χ1n) is 8.67. The Morgan fingerprint density at radius 2 is 1.67 bits per heavy atom. The van der Waals surface area contributed by atoms with E-state index < -0.39 is 22.6 Å². The molecule has 10 heteroatoms. The van der Waals surface area contributed by atoms with E-state index in [-0.39, 0.29) is 29.4 Å². The second-order valence-corrected chi connectivity index (χ2v) is 6.05. The topological polar surface area (TPSA) is 95.2 Å². The maximum absolute atomic E-state index is 12.8. The molecule has 0 saturated carbocycles. The summed E-state index contributed by atoms with van der Waals surface area (Å²) in [4.78, 5) is 31.0. The Hall–Kier alpha value is -3.82. The predicted molar refractivity (Wildman–Crippen MR) is 101 cm³/mol. The fourth-order valence-corrected chi connectivity index (χ4v) is 2.65. The number of hydrogen-bond donors (Lipinski definition) is 0. The molecule has 0 aliphatic heterocycles. The van der Waals surface area contributed by atoms with Gasteiger partial charge >= 0.3 is 12.1 Å². The summed E-state index contributed by atoms with van der Waals surface area (Å²) in [7, 11) is 0. The Morgan fingerprint density at radius 3 is 2.20 bits per heavy atom. The van der Waals surface area contributed by atoms with Gasteiger partial charge in [-0.3, -0.25) is 10.1 Å². The molecule has 154 valence electrons. The van der Waals surface area contributed by atoms with Crippen molar-refractivity contribution >= 4 is 11.7 Å². The third kappa shape index (κ3) is 4.43. The zero-order valence-electron chi connectivity index (χ0n) is 15.5. The molecule has 2 aromatic carbocycles. The average Bonchev–Trinajstić information content (AvgIpc) is 2.73. The summed E-state index contributed by atoms with van der Waals surface area (Å²) >= 11 is 0. The lowest BCUT2D eigenvalue weighted by molar-refractivity contribution is -0.384. The van der Waals surface area contributed by atoms with Crippen molar-refractivity contribution in [3.05, 3.63) is 76.1 Å². The molecule has 7 nitrogen and oxygen atoms in total. The molecule has 0 aliphatic carbocycles. The molecule has 1 heterocycles. The molecule has 0 spiro atoms. The number of nitro benzene ring substituents is 1.